The zero-order chi connectivity index (χ0) is 11.8. The average molecular weight is 238 g/mol. The van der Waals surface area contributed by atoms with Gasteiger partial charge in [-0.25, -0.2) is 0 Å². The predicted octanol–water partition coefficient (Wildman–Crippen LogP) is 0.215. The lowest BCUT2D eigenvalue weighted by Crippen LogP contribution is -2.59. The summed E-state index contributed by atoms with van der Waals surface area (Å²) in [5, 5.41) is 13.0. The van der Waals surface area contributed by atoms with Gasteiger partial charge in [0.05, 0.1) is 6.10 Å². The quantitative estimate of drug-likeness (QED) is 0.723. The van der Waals surface area contributed by atoms with E-state index in [4.69, 9.17) is 0 Å². The lowest BCUT2D eigenvalue weighted by molar-refractivity contribution is -0.151. The molecule has 3 heterocycles. The van der Waals surface area contributed by atoms with Gasteiger partial charge < -0.3 is 15.3 Å². The number of carbonyl (C=O) groups is 1. The van der Waals surface area contributed by atoms with Crippen LogP contribution in [0, 0.1) is 17.8 Å². The zero-order valence-corrected chi connectivity index (χ0v) is 10.3. The van der Waals surface area contributed by atoms with Crippen molar-refractivity contribution in [1.82, 2.24) is 10.2 Å². The van der Waals surface area contributed by atoms with Gasteiger partial charge >= 0.3 is 0 Å². The second-order valence-corrected chi connectivity index (χ2v) is 5.94. The molecule has 2 bridgehead atoms. The molecule has 1 aliphatic carbocycles. The molecule has 3 aliphatic heterocycles. The van der Waals surface area contributed by atoms with E-state index in [1.165, 1.54) is 0 Å². The van der Waals surface area contributed by atoms with E-state index in [0.29, 0.717) is 23.7 Å². The Labute approximate surface area is 102 Å². The lowest BCUT2D eigenvalue weighted by Gasteiger charge is -2.51. The highest BCUT2D eigenvalue weighted by Crippen LogP contribution is 2.40. The van der Waals surface area contributed by atoms with Gasteiger partial charge in [-0.15, -0.1) is 0 Å². The largest absolute Gasteiger partial charge is 0.392 e. The van der Waals surface area contributed by atoms with E-state index in [1.807, 2.05) is 4.90 Å². The van der Waals surface area contributed by atoms with Gasteiger partial charge in [0, 0.05) is 31.3 Å². The number of nitrogens with one attached hydrogen (secondary N) is 1. The van der Waals surface area contributed by atoms with Crippen molar-refractivity contribution < 1.29 is 9.90 Å². The number of rotatable bonds is 2. The SMILES string of the molecule is O=C(CC1CCNCC1)N1CC2CC(C1)C2O. The van der Waals surface area contributed by atoms with Gasteiger partial charge in [0.2, 0.25) is 5.91 Å². The minimum absolute atomic E-state index is 0.127. The molecule has 4 nitrogen and oxygen atoms in total. The van der Waals surface area contributed by atoms with Crippen molar-refractivity contribution in [2.75, 3.05) is 26.2 Å². The Hall–Kier alpha value is -0.610. The Kier molecular flexibility index (Phi) is 3.09. The Bertz CT molecular complexity index is 290. The molecule has 3 saturated heterocycles. The van der Waals surface area contributed by atoms with Gasteiger partial charge in [0.1, 0.15) is 0 Å². The monoisotopic (exact) mass is 238 g/mol. The first-order valence-electron chi connectivity index (χ1n) is 6.90. The molecule has 96 valence electrons. The molecule has 4 fully saturated rings. The molecule has 1 amide bonds. The normalized spacial score (nSPS) is 37.7. The summed E-state index contributed by atoms with van der Waals surface area (Å²) < 4.78 is 0. The van der Waals surface area contributed by atoms with Crippen molar-refractivity contribution in [2.45, 2.75) is 31.8 Å². The molecule has 4 rings (SSSR count). The molecule has 2 N–H and O–H groups in total. The number of fused-ring (bicyclic) bond motifs is 2. The number of nitrogens with zero attached hydrogens (tertiary/aromatic N) is 1. The fraction of sp³-hybridized carbons (Fsp3) is 0.923. The summed E-state index contributed by atoms with van der Waals surface area (Å²) in [6.07, 6.45) is 3.98. The van der Waals surface area contributed by atoms with Crippen LogP contribution < -0.4 is 5.32 Å². The second kappa shape index (κ2) is 4.58. The van der Waals surface area contributed by atoms with Crippen LogP contribution in [0.4, 0.5) is 0 Å². The molecule has 0 spiro atoms. The van der Waals surface area contributed by atoms with Gasteiger partial charge in [-0.05, 0) is 38.3 Å². The fourth-order valence-corrected chi connectivity index (χ4v) is 3.53. The molecule has 2 atom stereocenters. The van der Waals surface area contributed by atoms with Crippen molar-refractivity contribution in [3.8, 4) is 0 Å². The second-order valence-electron chi connectivity index (χ2n) is 5.94. The Morgan fingerprint density at radius 1 is 1.24 bits per heavy atom. The minimum atomic E-state index is -0.127. The summed E-state index contributed by atoms with van der Waals surface area (Å²) in [5.74, 6) is 1.63. The third kappa shape index (κ3) is 2.20. The molecule has 2 unspecified atom stereocenters. The Balaban J connectivity index is 1.49. The highest BCUT2D eigenvalue weighted by atomic mass is 16.3. The summed E-state index contributed by atoms with van der Waals surface area (Å²) in [7, 11) is 0. The molecule has 0 aromatic carbocycles. The topological polar surface area (TPSA) is 52.6 Å². The van der Waals surface area contributed by atoms with E-state index in [-0.39, 0.29) is 6.10 Å². The van der Waals surface area contributed by atoms with E-state index in [2.05, 4.69) is 5.32 Å². The zero-order valence-electron chi connectivity index (χ0n) is 10.3. The van der Waals surface area contributed by atoms with Gasteiger partial charge in [-0.2, -0.15) is 0 Å². The van der Waals surface area contributed by atoms with Crippen molar-refractivity contribution in [3.63, 3.8) is 0 Å². The first-order valence-corrected chi connectivity index (χ1v) is 6.90. The number of carbonyl (C=O) groups excluding carboxylic acids is 1. The van der Waals surface area contributed by atoms with Gasteiger partial charge in [-0.1, -0.05) is 0 Å². The van der Waals surface area contributed by atoms with Crippen LogP contribution in [0.5, 0.6) is 0 Å². The van der Waals surface area contributed by atoms with Crippen molar-refractivity contribution >= 4 is 5.91 Å². The fourth-order valence-electron chi connectivity index (χ4n) is 3.53. The number of hydrogen-bond donors (Lipinski definition) is 2. The maximum Gasteiger partial charge on any atom is 0.222 e. The molecule has 0 aromatic heterocycles. The number of amides is 1. The summed E-state index contributed by atoms with van der Waals surface area (Å²) >= 11 is 0. The number of aliphatic hydroxyl groups is 1. The van der Waals surface area contributed by atoms with Gasteiger partial charge in [0.15, 0.2) is 0 Å². The molecule has 4 aliphatic rings. The van der Waals surface area contributed by atoms with Crippen LogP contribution in [0.25, 0.3) is 0 Å². The maximum absolute atomic E-state index is 12.2. The van der Waals surface area contributed by atoms with E-state index in [9.17, 15) is 9.90 Å². The third-order valence-corrected chi connectivity index (χ3v) is 4.76. The standard InChI is InChI=1S/C13H22N2O2/c16-12(5-9-1-3-14-4-2-9)15-7-10-6-11(8-15)13(10)17/h9-11,13-14,17H,1-8H2. The number of hydrogen-bond acceptors (Lipinski definition) is 3. The Morgan fingerprint density at radius 3 is 2.47 bits per heavy atom. The van der Waals surface area contributed by atoms with Gasteiger partial charge in [0.25, 0.3) is 0 Å². The third-order valence-electron chi connectivity index (χ3n) is 4.76. The molecule has 4 heteroatoms. The van der Waals surface area contributed by atoms with E-state index in [1.54, 1.807) is 0 Å². The predicted molar refractivity (Wildman–Crippen MR) is 64.4 cm³/mol. The van der Waals surface area contributed by atoms with Crippen molar-refractivity contribution in [1.29, 1.82) is 0 Å². The van der Waals surface area contributed by atoms with Gasteiger partial charge in [-0.3, -0.25) is 4.79 Å². The first-order chi connectivity index (χ1) is 8.24. The van der Waals surface area contributed by atoms with Crippen molar-refractivity contribution in [2.24, 2.45) is 17.8 Å². The van der Waals surface area contributed by atoms with Crippen LogP contribution in [0.1, 0.15) is 25.7 Å². The van der Waals surface area contributed by atoms with Crippen LogP contribution in [-0.4, -0.2) is 48.2 Å². The van der Waals surface area contributed by atoms with Crippen molar-refractivity contribution in [3.05, 3.63) is 0 Å². The average Bonchev–Trinajstić information content (AvgIpc) is 2.39. The minimum Gasteiger partial charge on any atom is -0.392 e. The van der Waals surface area contributed by atoms with Crippen LogP contribution in [0.3, 0.4) is 0 Å². The van der Waals surface area contributed by atoms with Crippen LogP contribution in [-0.2, 0) is 4.79 Å². The number of piperidine rings is 3. The molecule has 17 heavy (non-hydrogen) atoms. The summed E-state index contributed by atoms with van der Waals surface area (Å²) in [6, 6.07) is 0. The highest BCUT2D eigenvalue weighted by molar-refractivity contribution is 5.76. The molecule has 0 aromatic rings. The van der Waals surface area contributed by atoms with E-state index >= 15 is 0 Å². The van der Waals surface area contributed by atoms with E-state index in [0.717, 1.165) is 51.9 Å². The van der Waals surface area contributed by atoms with Crippen LogP contribution >= 0.6 is 0 Å². The maximum atomic E-state index is 12.2. The smallest absolute Gasteiger partial charge is 0.222 e. The summed E-state index contributed by atoms with van der Waals surface area (Å²) in [6.45, 7) is 3.70. The lowest BCUT2D eigenvalue weighted by atomic mass is 9.68. The first kappa shape index (κ1) is 11.5. The molecule has 1 saturated carbocycles. The molecular formula is C13H22N2O2. The molecule has 0 radical (unpaired) electrons. The summed E-state index contributed by atoms with van der Waals surface area (Å²) in [5.41, 5.74) is 0. The molecular weight excluding hydrogens is 216 g/mol. The Morgan fingerprint density at radius 2 is 1.88 bits per heavy atom. The van der Waals surface area contributed by atoms with E-state index < -0.39 is 0 Å². The summed E-state index contributed by atoms with van der Waals surface area (Å²) in [4.78, 5) is 14.2. The highest BCUT2D eigenvalue weighted by Gasteiger charge is 2.46. The van der Waals surface area contributed by atoms with Crippen LogP contribution in [0.15, 0.2) is 0 Å². The number of aliphatic hydroxyl groups excluding tert-OH is 1. The van der Waals surface area contributed by atoms with Crippen LogP contribution in [0.2, 0.25) is 0 Å².